The van der Waals surface area contributed by atoms with Gasteiger partial charge in [-0.2, -0.15) is 0 Å². The molecule has 0 heterocycles. The number of carbonyl (C=O) groups excluding carboxylic acids is 1. The van der Waals surface area contributed by atoms with E-state index in [4.69, 9.17) is 0 Å². The van der Waals surface area contributed by atoms with E-state index in [1.807, 2.05) is 55.5 Å². The minimum Gasteiger partial charge on any atom is -0.390 e. The van der Waals surface area contributed by atoms with Crippen LogP contribution in [0.5, 0.6) is 0 Å². The van der Waals surface area contributed by atoms with Crippen LogP contribution in [0, 0.1) is 11.6 Å². The summed E-state index contributed by atoms with van der Waals surface area (Å²) in [4.78, 5) is 17.6. The minimum absolute atomic E-state index is 0.0752. The van der Waals surface area contributed by atoms with Gasteiger partial charge in [-0.15, -0.1) is 0 Å². The average Bonchev–Trinajstić information content (AvgIpc) is 3.24. The molecule has 39 heavy (non-hydrogen) atoms. The molecule has 0 saturated carbocycles. The lowest BCUT2D eigenvalue weighted by Crippen LogP contribution is -2.34. The summed E-state index contributed by atoms with van der Waals surface area (Å²) in [6.45, 7) is 2.40. The molecule has 3 N–H and O–H groups in total. The molecule has 5 nitrogen and oxygen atoms in total. The Morgan fingerprint density at radius 3 is 2.46 bits per heavy atom. The molecular formula is C32H29F2N3O2. The molecule has 0 fully saturated rings. The van der Waals surface area contributed by atoms with Gasteiger partial charge in [0.1, 0.15) is 11.6 Å². The zero-order chi connectivity index (χ0) is 27.4. The van der Waals surface area contributed by atoms with Crippen molar-refractivity contribution in [1.82, 2.24) is 5.32 Å². The number of amides is 1. The largest absolute Gasteiger partial charge is 0.390 e. The fraction of sp³-hybridized carbons (Fsp3) is 0.188. The van der Waals surface area contributed by atoms with E-state index in [0.29, 0.717) is 30.8 Å². The van der Waals surface area contributed by atoms with E-state index in [0.717, 1.165) is 27.9 Å². The Labute approximate surface area is 226 Å². The van der Waals surface area contributed by atoms with Crippen LogP contribution in [0.1, 0.15) is 40.0 Å². The maximum Gasteiger partial charge on any atom is 0.254 e. The number of fused-ring (bicyclic) bond motifs is 1. The van der Waals surface area contributed by atoms with Crippen LogP contribution in [0.2, 0.25) is 0 Å². The van der Waals surface area contributed by atoms with Gasteiger partial charge in [-0.1, -0.05) is 54.6 Å². The second-order valence-electron chi connectivity index (χ2n) is 9.67. The van der Waals surface area contributed by atoms with Crippen LogP contribution in [-0.2, 0) is 12.8 Å². The number of nitrogens with one attached hydrogen (secondary N) is 2. The number of amidine groups is 1. The summed E-state index contributed by atoms with van der Waals surface area (Å²) in [6.07, 6.45) is 0.254. The van der Waals surface area contributed by atoms with Crippen molar-refractivity contribution in [1.29, 1.82) is 0 Å². The van der Waals surface area contributed by atoms with Crippen molar-refractivity contribution in [2.45, 2.75) is 31.9 Å². The van der Waals surface area contributed by atoms with E-state index in [-0.39, 0.29) is 11.4 Å². The first-order chi connectivity index (χ1) is 18.9. The van der Waals surface area contributed by atoms with Gasteiger partial charge in [-0.25, -0.2) is 8.78 Å². The van der Waals surface area contributed by atoms with E-state index in [1.54, 1.807) is 18.2 Å². The van der Waals surface area contributed by atoms with E-state index < -0.39 is 23.9 Å². The summed E-state index contributed by atoms with van der Waals surface area (Å²) >= 11 is 0. The monoisotopic (exact) mass is 525 g/mol. The van der Waals surface area contributed by atoms with Crippen LogP contribution >= 0.6 is 0 Å². The lowest BCUT2D eigenvalue weighted by molar-refractivity contribution is 0.0854. The van der Waals surface area contributed by atoms with E-state index in [9.17, 15) is 18.7 Å². The summed E-state index contributed by atoms with van der Waals surface area (Å²) in [5.41, 5.74) is 4.94. The quantitative estimate of drug-likeness (QED) is 0.202. The molecule has 0 bridgehead atoms. The van der Waals surface area contributed by atoms with Crippen molar-refractivity contribution in [3.63, 3.8) is 0 Å². The highest BCUT2D eigenvalue weighted by Gasteiger charge is 2.33. The van der Waals surface area contributed by atoms with Crippen molar-refractivity contribution in [2.75, 3.05) is 11.9 Å². The maximum atomic E-state index is 14.9. The molecule has 0 spiro atoms. The molecule has 4 aromatic rings. The van der Waals surface area contributed by atoms with Crippen LogP contribution in [0.15, 0.2) is 96.0 Å². The fourth-order valence-corrected chi connectivity index (χ4v) is 4.85. The van der Waals surface area contributed by atoms with Crippen LogP contribution in [-0.4, -0.2) is 29.5 Å². The van der Waals surface area contributed by atoms with Gasteiger partial charge in [0, 0.05) is 18.7 Å². The summed E-state index contributed by atoms with van der Waals surface area (Å²) in [5, 5.41) is 16.8. The third-order valence-electron chi connectivity index (χ3n) is 6.89. The van der Waals surface area contributed by atoms with E-state index >= 15 is 0 Å². The lowest BCUT2D eigenvalue weighted by Gasteiger charge is -2.19. The number of carbonyl (C=O) groups is 1. The number of anilines is 1. The predicted octanol–water partition coefficient (Wildman–Crippen LogP) is 6.09. The van der Waals surface area contributed by atoms with Crippen molar-refractivity contribution in [3.8, 4) is 11.1 Å². The third kappa shape index (κ3) is 6.21. The smallest absolute Gasteiger partial charge is 0.254 e. The van der Waals surface area contributed by atoms with Gasteiger partial charge in [0.15, 0.2) is 0 Å². The number of rotatable bonds is 7. The third-order valence-corrected chi connectivity index (χ3v) is 6.89. The Kier molecular flexibility index (Phi) is 7.79. The van der Waals surface area contributed by atoms with E-state index in [2.05, 4.69) is 15.6 Å². The van der Waals surface area contributed by atoms with Crippen LogP contribution in [0.25, 0.3) is 11.1 Å². The number of aliphatic hydroxyl groups is 1. The molecule has 7 heteroatoms. The predicted molar refractivity (Wildman–Crippen MR) is 150 cm³/mol. The zero-order valence-corrected chi connectivity index (χ0v) is 21.5. The van der Waals surface area contributed by atoms with Gasteiger partial charge in [0.2, 0.25) is 0 Å². The summed E-state index contributed by atoms with van der Waals surface area (Å²) < 4.78 is 28.0. The highest BCUT2D eigenvalue weighted by atomic mass is 19.1. The molecule has 0 radical (unpaired) electrons. The van der Waals surface area contributed by atoms with Gasteiger partial charge in [0.25, 0.3) is 5.91 Å². The number of halogens is 2. The van der Waals surface area contributed by atoms with Crippen LogP contribution in [0.4, 0.5) is 14.5 Å². The molecule has 0 aromatic heterocycles. The number of benzene rings is 4. The Morgan fingerprint density at radius 2 is 1.72 bits per heavy atom. The Morgan fingerprint density at radius 1 is 0.949 bits per heavy atom. The van der Waals surface area contributed by atoms with Crippen molar-refractivity contribution in [3.05, 3.63) is 125 Å². The molecule has 5 rings (SSSR count). The second-order valence-corrected chi connectivity index (χ2v) is 9.67. The maximum absolute atomic E-state index is 14.9. The normalized spacial score (nSPS) is 16.6. The van der Waals surface area contributed by atoms with Gasteiger partial charge < -0.3 is 15.7 Å². The van der Waals surface area contributed by atoms with Crippen LogP contribution in [0.3, 0.4) is 0 Å². The lowest BCUT2D eigenvalue weighted by atomic mass is 10.0. The highest BCUT2D eigenvalue weighted by Crippen LogP contribution is 2.34. The Hall–Kier alpha value is -4.36. The number of aliphatic imine (C=N–C) groups is 1. The summed E-state index contributed by atoms with van der Waals surface area (Å²) in [5.74, 6) is -0.760. The van der Waals surface area contributed by atoms with Crippen LogP contribution < -0.4 is 10.6 Å². The topological polar surface area (TPSA) is 73.7 Å². The summed E-state index contributed by atoms with van der Waals surface area (Å²) in [7, 11) is 0. The second kappa shape index (κ2) is 11.6. The SMILES string of the molecule is CC(=NCCc1ccc(F)cc1)Nc1ccc2c(c1)[C@@H](NC(=O)c1ccc(-c3ccccc3)cc1F)[C@H](O)C2. The number of hydrogen-bond donors (Lipinski definition) is 3. The Balaban J connectivity index is 1.26. The van der Waals surface area contributed by atoms with E-state index in [1.165, 1.54) is 24.3 Å². The molecule has 0 aliphatic heterocycles. The molecule has 2 atom stereocenters. The first-order valence-electron chi connectivity index (χ1n) is 12.9. The van der Waals surface area contributed by atoms with Crippen molar-refractivity contribution in [2.24, 2.45) is 4.99 Å². The Bertz CT molecular complexity index is 1500. The minimum atomic E-state index is -0.823. The van der Waals surface area contributed by atoms with Gasteiger partial charge in [-0.05, 0) is 77.6 Å². The fourth-order valence-electron chi connectivity index (χ4n) is 4.85. The zero-order valence-electron chi connectivity index (χ0n) is 21.5. The first-order valence-corrected chi connectivity index (χ1v) is 12.9. The van der Waals surface area contributed by atoms with Crippen molar-refractivity contribution >= 4 is 17.4 Å². The molecular weight excluding hydrogens is 496 g/mol. The number of aliphatic hydroxyl groups excluding tert-OH is 1. The molecule has 1 aliphatic carbocycles. The molecule has 1 aliphatic rings. The average molecular weight is 526 g/mol. The number of nitrogens with zero attached hydrogens (tertiary/aromatic N) is 1. The molecule has 4 aromatic carbocycles. The standard InChI is InChI=1S/C32H29F2N3O2/c1-20(35-16-15-21-7-11-25(33)12-8-21)36-26-13-9-24-18-30(38)31(28(24)19-26)37-32(39)27-14-10-23(17-29(27)34)22-5-3-2-4-6-22/h2-14,17,19,30-31,38H,15-16,18H2,1H3,(H,35,36)(H,37,39)/t30-,31-/m1/s1. The summed E-state index contributed by atoms with van der Waals surface area (Å²) in [6, 6.07) is 25.3. The van der Waals surface area contributed by atoms with Crippen molar-refractivity contribution < 1.29 is 18.7 Å². The highest BCUT2D eigenvalue weighted by molar-refractivity contribution is 5.96. The molecule has 1 amide bonds. The molecule has 0 saturated heterocycles. The first kappa shape index (κ1) is 26.3. The van der Waals surface area contributed by atoms with Gasteiger partial charge in [0.05, 0.1) is 23.5 Å². The molecule has 198 valence electrons. The molecule has 0 unspecified atom stereocenters. The van der Waals surface area contributed by atoms with Gasteiger partial charge in [-0.3, -0.25) is 9.79 Å². The number of hydrogen-bond acceptors (Lipinski definition) is 3. The van der Waals surface area contributed by atoms with Gasteiger partial charge >= 0.3 is 0 Å².